The van der Waals surface area contributed by atoms with Crippen molar-refractivity contribution in [1.29, 1.82) is 0 Å². The Hall–Kier alpha value is -0.800. The molecule has 2 rings (SSSR count). The molecule has 0 saturated carbocycles. The summed E-state index contributed by atoms with van der Waals surface area (Å²) in [4.78, 5) is -0.144. The minimum absolute atomic E-state index is 0.144. The summed E-state index contributed by atoms with van der Waals surface area (Å²) in [6, 6.07) is 3.28. The minimum atomic E-state index is -5.38. The highest BCUT2D eigenvalue weighted by Crippen LogP contribution is 2.50. The van der Waals surface area contributed by atoms with Crippen LogP contribution >= 0.6 is 28.1 Å². The van der Waals surface area contributed by atoms with Crippen molar-refractivity contribution >= 4 is 33.1 Å². The fourth-order valence-corrected chi connectivity index (χ4v) is 2.82. The van der Waals surface area contributed by atoms with Crippen molar-refractivity contribution in [3.05, 3.63) is 34.1 Å². The monoisotopic (exact) mass is 389 g/mol. The molecule has 0 bridgehead atoms. The molecule has 2 unspecified atom stereocenters. The Balaban J connectivity index is 2.68. The number of thiocarbonyl (C=S) groups is 1. The number of morpholine rings is 1. The van der Waals surface area contributed by atoms with E-state index in [0.717, 1.165) is 19.1 Å². The molecule has 1 aromatic rings. The summed E-state index contributed by atoms with van der Waals surface area (Å²) in [6.45, 7) is 0.118. The standard InChI is InChI=1S/C12H9BrF5NOS/c1-10(7-4-6(13)2-3-8(7)14)11(15,12(16,17)18)20-5-9(21)19-10/h2-4H,5H2,1H3,(H,19,21). The molecule has 0 spiro atoms. The number of hydrogen-bond donors (Lipinski definition) is 1. The quantitative estimate of drug-likeness (QED) is 0.579. The topological polar surface area (TPSA) is 21.3 Å². The third-order valence-corrected chi connectivity index (χ3v) is 3.98. The Bertz CT molecular complexity index is 596. The zero-order valence-corrected chi connectivity index (χ0v) is 12.9. The van der Waals surface area contributed by atoms with Gasteiger partial charge in [0.05, 0.1) is 0 Å². The third-order valence-electron chi connectivity index (χ3n) is 3.27. The van der Waals surface area contributed by atoms with E-state index >= 15 is 0 Å². The van der Waals surface area contributed by atoms with Crippen molar-refractivity contribution in [2.24, 2.45) is 0 Å². The van der Waals surface area contributed by atoms with E-state index in [-0.39, 0.29) is 4.99 Å². The molecule has 2 nitrogen and oxygen atoms in total. The maximum Gasteiger partial charge on any atom is 0.451 e. The number of hydrogen-bond acceptors (Lipinski definition) is 2. The second-order valence-electron chi connectivity index (χ2n) is 4.68. The van der Waals surface area contributed by atoms with Crippen molar-refractivity contribution in [3.8, 4) is 0 Å². The number of alkyl halides is 4. The molecule has 1 aliphatic heterocycles. The Labute approximate surface area is 130 Å². The fraction of sp³-hybridized carbons (Fsp3) is 0.417. The van der Waals surface area contributed by atoms with Gasteiger partial charge in [0.1, 0.15) is 23.0 Å². The molecule has 1 fully saturated rings. The summed E-state index contributed by atoms with van der Waals surface area (Å²) in [5, 5.41) is 2.22. The van der Waals surface area contributed by atoms with E-state index in [9.17, 15) is 22.0 Å². The predicted octanol–water partition coefficient (Wildman–Crippen LogP) is 3.98. The Morgan fingerprint density at radius 1 is 1.38 bits per heavy atom. The molecule has 0 aromatic heterocycles. The number of ether oxygens (including phenoxy) is 1. The van der Waals surface area contributed by atoms with E-state index < -0.39 is 35.6 Å². The van der Waals surface area contributed by atoms with E-state index in [1.807, 2.05) is 0 Å². The molecule has 9 heteroatoms. The van der Waals surface area contributed by atoms with Gasteiger partial charge in [-0.05, 0) is 25.1 Å². The molecule has 0 radical (unpaired) electrons. The summed E-state index contributed by atoms with van der Waals surface area (Å²) in [6.07, 6.45) is -5.38. The van der Waals surface area contributed by atoms with Crippen LogP contribution in [0.25, 0.3) is 0 Å². The van der Waals surface area contributed by atoms with Crippen LogP contribution in [0.1, 0.15) is 12.5 Å². The average molecular weight is 390 g/mol. The van der Waals surface area contributed by atoms with Gasteiger partial charge in [-0.2, -0.15) is 17.6 Å². The van der Waals surface area contributed by atoms with Gasteiger partial charge in [-0.25, -0.2) is 4.39 Å². The van der Waals surface area contributed by atoms with Gasteiger partial charge in [-0.3, -0.25) is 0 Å². The zero-order chi connectivity index (χ0) is 16.1. The van der Waals surface area contributed by atoms with Gasteiger partial charge in [0.15, 0.2) is 0 Å². The Morgan fingerprint density at radius 3 is 2.57 bits per heavy atom. The molecule has 2 atom stereocenters. The fourth-order valence-electron chi connectivity index (χ4n) is 2.19. The van der Waals surface area contributed by atoms with Crippen LogP contribution < -0.4 is 5.32 Å². The first kappa shape index (κ1) is 16.6. The van der Waals surface area contributed by atoms with E-state index in [1.54, 1.807) is 0 Å². The van der Waals surface area contributed by atoms with Gasteiger partial charge in [-0.15, -0.1) is 0 Å². The van der Waals surface area contributed by atoms with Crippen LogP contribution in [0.2, 0.25) is 0 Å². The van der Waals surface area contributed by atoms with Gasteiger partial charge in [0.25, 0.3) is 0 Å². The van der Waals surface area contributed by atoms with Crippen LogP contribution in [0.5, 0.6) is 0 Å². The van der Waals surface area contributed by atoms with Gasteiger partial charge in [0, 0.05) is 10.0 Å². The lowest BCUT2D eigenvalue weighted by Gasteiger charge is -2.47. The highest BCUT2D eigenvalue weighted by Gasteiger charge is 2.71. The first-order chi connectivity index (χ1) is 9.51. The smallest absolute Gasteiger partial charge is 0.363 e. The Morgan fingerprint density at radius 2 is 2.00 bits per heavy atom. The van der Waals surface area contributed by atoms with Crippen LogP contribution in [0, 0.1) is 5.82 Å². The highest BCUT2D eigenvalue weighted by molar-refractivity contribution is 9.10. The number of nitrogens with one attached hydrogen (secondary N) is 1. The number of rotatable bonds is 1. The predicted molar refractivity (Wildman–Crippen MR) is 73.0 cm³/mol. The maximum absolute atomic E-state index is 14.6. The molecule has 116 valence electrons. The van der Waals surface area contributed by atoms with E-state index in [4.69, 9.17) is 12.2 Å². The first-order valence-corrected chi connectivity index (χ1v) is 6.87. The molecule has 1 aliphatic rings. The number of benzene rings is 1. The molecule has 1 saturated heterocycles. The van der Waals surface area contributed by atoms with Crippen LogP contribution in [0.4, 0.5) is 22.0 Å². The Kier molecular flexibility index (Phi) is 4.05. The molecular formula is C12H9BrF5NOS. The molecule has 1 heterocycles. The molecule has 21 heavy (non-hydrogen) atoms. The first-order valence-electron chi connectivity index (χ1n) is 5.67. The summed E-state index contributed by atoms with van der Waals surface area (Å²) in [7, 11) is 0. The highest BCUT2D eigenvalue weighted by atomic mass is 79.9. The molecule has 0 amide bonds. The summed E-state index contributed by atoms with van der Waals surface area (Å²) in [5.74, 6) is -5.13. The van der Waals surface area contributed by atoms with Crippen molar-refractivity contribution in [1.82, 2.24) is 5.32 Å². The molecular weight excluding hydrogens is 381 g/mol. The van der Waals surface area contributed by atoms with Crippen molar-refractivity contribution in [3.63, 3.8) is 0 Å². The average Bonchev–Trinajstić information content (AvgIpc) is 2.36. The second-order valence-corrected chi connectivity index (χ2v) is 6.09. The lowest BCUT2D eigenvalue weighted by atomic mass is 9.82. The summed E-state index contributed by atoms with van der Waals surface area (Å²) in [5.41, 5.74) is -3.09. The maximum atomic E-state index is 14.6. The van der Waals surface area contributed by atoms with Crippen LogP contribution in [0.15, 0.2) is 22.7 Å². The third kappa shape index (κ3) is 2.55. The van der Waals surface area contributed by atoms with E-state index in [1.165, 1.54) is 6.07 Å². The van der Waals surface area contributed by atoms with Crippen LogP contribution in [-0.4, -0.2) is 23.6 Å². The van der Waals surface area contributed by atoms with E-state index in [0.29, 0.717) is 4.47 Å². The van der Waals surface area contributed by atoms with Gasteiger partial charge in [-0.1, -0.05) is 28.1 Å². The van der Waals surface area contributed by atoms with Crippen LogP contribution in [-0.2, 0) is 10.3 Å². The number of halogens is 6. The van der Waals surface area contributed by atoms with Crippen LogP contribution in [0.3, 0.4) is 0 Å². The largest absolute Gasteiger partial charge is 0.451 e. The summed E-state index contributed by atoms with van der Waals surface area (Å²) >= 11 is 7.77. The second kappa shape index (κ2) is 5.13. The van der Waals surface area contributed by atoms with E-state index in [2.05, 4.69) is 26.0 Å². The zero-order valence-electron chi connectivity index (χ0n) is 10.5. The molecule has 0 aliphatic carbocycles. The van der Waals surface area contributed by atoms with Gasteiger partial charge >= 0.3 is 12.0 Å². The molecule has 1 aromatic carbocycles. The normalized spacial score (nSPS) is 30.1. The lowest BCUT2D eigenvalue weighted by Crippen LogP contribution is -2.69. The van der Waals surface area contributed by atoms with Crippen molar-refractivity contribution in [2.75, 3.05) is 6.61 Å². The van der Waals surface area contributed by atoms with Gasteiger partial charge in [0.2, 0.25) is 0 Å². The SMILES string of the molecule is CC1(c2cc(Br)ccc2F)NC(=S)COC1(F)C(F)(F)F. The lowest BCUT2D eigenvalue weighted by molar-refractivity contribution is -0.362. The summed E-state index contributed by atoms with van der Waals surface area (Å²) < 4.78 is 72.7. The molecule has 1 N–H and O–H groups in total. The van der Waals surface area contributed by atoms with Crippen molar-refractivity contribution < 1.29 is 26.7 Å². The van der Waals surface area contributed by atoms with Gasteiger partial charge < -0.3 is 10.1 Å². The van der Waals surface area contributed by atoms with Crippen molar-refractivity contribution in [2.45, 2.75) is 24.5 Å². The minimum Gasteiger partial charge on any atom is -0.363 e.